The summed E-state index contributed by atoms with van der Waals surface area (Å²) in [6.45, 7) is 6.32. The monoisotopic (exact) mass is 263 g/mol. The van der Waals surface area contributed by atoms with E-state index in [0.717, 1.165) is 31.9 Å². The molecule has 104 valence electrons. The molecule has 1 aromatic rings. The van der Waals surface area contributed by atoms with Crippen LogP contribution in [0.5, 0.6) is 0 Å². The van der Waals surface area contributed by atoms with Crippen LogP contribution in [0.15, 0.2) is 18.5 Å². The molecule has 0 bridgehead atoms. The van der Waals surface area contributed by atoms with E-state index in [-0.39, 0.29) is 11.9 Å². The van der Waals surface area contributed by atoms with Gasteiger partial charge >= 0.3 is 0 Å². The fraction of sp³-hybridized carbons (Fsp3) is 0.571. The third-order valence-corrected chi connectivity index (χ3v) is 3.46. The van der Waals surface area contributed by atoms with Crippen molar-refractivity contribution in [2.45, 2.75) is 26.3 Å². The van der Waals surface area contributed by atoms with E-state index in [1.807, 2.05) is 13.8 Å². The van der Waals surface area contributed by atoms with Gasteiger partial charge in [-0.3, -0.25) is 9.78 Å². The molecule has 2 N–H and O–H groups in total. The lowest BCUT2D eigenvalue weighted by Gasteiger charge is -2.20. The number of carbonyl (C=O) groups excluding carboxylic acids is 1. The van der Waals surface area contributed by atoms with Crippen molar-refractivity contribution in [2.24, 2.45) is 5.92 Å². The highest BCUT2D eigenvalue weighted by molar-refractivity contribution is 5.99. The summed E-state index contributed by atoms with van der Waals surface area (Å²) < 4.78 is 5.35. The van der Waals surface area contributed by atoms with Gasteiger partial charge in [0.25, 0.3) is 5.91 Å². The summed E-state index contributed by atoms with van der Waals surface area (Å²) in [5.41, 5.74) is 1.42. The summed E-state index contributed by atoms with van der Waals surface area (Å²) in [5, 5.41) is 6.20. The zero-order valence-corrected chi connectivity index (χ0v) is 11.5. The molecule has 1 aliphatic heterocycles. The fourth-order valence-corrected chi connectivity index (χ4v) is 2.27. The summed E-state index contributed by atoms with van der Waals surface area (Å²) in [5.74, 6) is 0.353. The molecule has 0 spiro atoms. The van der Waals surface area contributed by atoms with Crippen LogP contribution in [-0.4, -0.2) is 36.7 Å². The number of carbonyl (C=O) groups is 1. The standard InChI is InChI=1S/C14H21N3O2/c1-3-16-13-8-15-6-4-12(13)14(18)17-10(2)11-5-7-19-9-11/h4,6,8,10-11,16H,3,5,7,9H2,1-2H3,(H,17,18). The molecule has 0 aliphatic carbocycles. The lowest BCUT2D eigenvalue weighted by molar-refractivity contribution is 0.0923. The number of aromatic nitrogens is 1. The van der Waals surface area contributed by atoms with Crippen LogP contribution >= 0.6 is 0 Å². The van der Waals surface area contributed by atoms with Crippen molar-refractivity contribution in [3.63, 3.8) is 0 Å². The Hall–Kier alpha value is -1.62. The quantitative estimate of drug-likeness (QED) is 0.848. The molecule has 0 aromatic carbocycles. The van der Waals surface area contributed by atoms with Gasteiger partial charge in [0.15, 0.2) is 0 Å². The van der Waals surface area contributed by atoms with Crippen LogP contribution < -0.4 is 10.6 Å². The second-order valence-electron chi connectivity index (χ2n) is 4.84. The maximum atomic E-state index is 12.3. The van der Waals surface area contributed by atoms with Gasteiger partial charge in [-0.15, -0.1) is 0 Å². The second-order valence-corrected chi connectivity index (χ2v) is 4.84. The van der Waals surface area contributed by atoms with Crippen molar-refractivity contribution in [1.82, 2.24) is 10.3 Å². The highest BCUT2D eigenvalue weighted by atomic mass is 16.5. The van der Waals surface area contributed by atoms with Crippen LogP contribution in [0.4, 0.5) is 5.69 Å². The van der Waals surface area contributed by atoms with Crippen LogP contribution in [0.25, 0.3) is 0 Å². The molecule has 5 nitrogen and oxygen atoms in total. The van der Waals surface area contributed by atoms with E-state index in [0.29, 0.717) is 11.5 Å². The van der Waals surface area contributed by atoms with Gasteiger partial charge in [-0.1, -0.05) is 0 Å². The van der Waals surface area contributed by atoms with Gasteiger partial charge in [0.1, 0.15) is 0 Å². The van der Waals surface area contributed by atoms with Crippen molar-refractivity contribution >= 4 is 11.6 Å². The maximum Gasteiger partial charge on any atom is 0.253 e. The van der Waals surface area contributed by atoms with Crippen LogP contribution in [0.3, 0.4) is 0 Å². The molecule has 2 unspecified atom stereocenters. The number of rotatable bonds is 5. The van der Waals surface area contributed by atoms with Gasteiger partial charge in [-0.25, -0.2) is 0 Å². The molecular weight excluding hydrogens is 242 g/mol. The highest BCUT2D eigenvalue weighted by Crippen LogP contribution is 2.18. The Bertz CT molecular complexity index is 430. The third-order valence-electron chi connectivity index (χ3n) is 3.46. The number of pyridine rings is 1. The summed E-state index contributed by atoms with van der Waals surface area (Å²) in [6.07, 6.45) is 4.33. The van der Waals surface area contributed by atoms with E-state index in [9.17, 15) is 4.79 Å². The number of nitrogens with zero attached hydrogens (tertiary/aromatic N) is 1. The number of amides is 1. The van der Waals surface area contributed by atoms with E-state index < -0.39 is 0 Å². The first-order valence-electron chi connectivity index (χ1n) is 6.79. The van der Waals surface area contributed by atoms with Gasteiger partial charge in [-0.2, -0.15) is 0 Å². The fourth-order valence-electron chi connectivity index (χ4n) is 2.27. The number of anilines is 1. The summed E-state index contributed by atoms with van der Waals surface area (Å²) in [6, 6.07) is 1.86. The van der Waals surface area contributed by atoms with Crippen molar-refractivity contribution in [3.05, 3.63) is 24.0 Å². The Balaban J connectivity index is 2.02. The van der Waals surface area contributed by atoms with E-state index in [1.165, 1.54) is 0 Å². The van der Waals surface area contributed by atoms with Crippen LogP contribution in [0.1, 0.15) is 30.6 Å². The van der Waals surface area contributed by atoms with Crippen LogP contribution in [0, 0.1) is 5.92 Å². The molecule has 1 saturated heterocycles. The molecule has 1 aliphatic rings. The van der Waals surface area contributed by atoms with Crippen molar-refractivity contribution in [2.75, 3.05) is 25.1 Å². The highest BCUT2D eigenvalue weighted by Gasteiger charge is 2.24. The summed E-state index contributed by atoms with van der Waals surface area (Å²) >= 11 is 0. The average molecular weight is 263 g/mol. The molecule has 0 saturated carbocycles. The Morgan fingerprint density at radius 1 is 1.63 bits per heavy atom. The van der Waals surface area contributed by atoms with Crippen LogP contribution in [0.2, 0.25) is 0 Å². The van der Waals surface area contributed by atoms with Crippen molar-refractivity contribution in [3.8, 4) is 0 Å². The third kappa shape index (κ3) is 3.44. The Kier molecular flexibility index (Phi) is 4.74. The first kappa shape index (κ1) is 13.8. The zero-order chi connectivity index (χ0) is 13.7. The van der Waals surface area contributed by atoms with Gasteiger partial charge in [0.2, 0.25) is 0 Å². The summed E-state index contributed by atoms with van der Waals surface area (Å²) in [7, 11) is 0. The molecular formula is C14H21N3O2. The van der Waals surface area contributed by atoms with Crippen molar-refractivity contribution in [1.29, 1.82) is 0 Å². The SMILES string of the molecule is CCNc1cnccc1C(=O)NC(C)C1CCOC1. The maximum absolute atomic E-state index is 12.3. The summed E-state index contributed by atoms with van der Waals surface area (Å²) in [4.78, 5) is 16.3. The minimum absolute atomic E-state index is 0.0576. The lowest BCUT2D eigenvalue weighted by atomic mass is 10.0. The predicted octanol–water partition coefficient (Wildman–Crippen LogP) is 1.67. The Labute approximate surface area is 113 Å². The minimum atomic E-state index is -0.0576. The topological polar surface area (TPSA) is 63.2 Å². The smallest absolute Gasteiger partial charge is 0.253 e. The molecule has 0 radical (unpaired) electrons. The van der Waals surface area contributed by atoms with E-state index in [1.54, 1.807) is 18.5 Å². The molecule has 1 aromatic heterocycles. The van der Waals surface area contributed by atoms with Crippen LogP contribution in [-0.2, 0) is 4.74 Å². The predicted molar refractivity (Wildman–Crippen MR) is 74.3 cm³/mol. The number of nitrogens with one attached hydrogen (secondary N) is 2. The minimum Gasteiger partial charge on any atom is -0.383 e. The molecule has 19 heavy (non-hydrogen) atoms. The lowest BCUT2D eigenvalue weighted by Crippen LogP contribution is -2.38. The Morgan fingerprint density at radius 2 is 2.47 bits per heavy atom. The van der Waals surface area contributed by atoms with E-state index >= 15 is 0 Å². The Morgan fingerprint density at radius 3 is 3.16 bits per heavy atom. The first-order chi connectivity index (χ1) is 9.22. The zero-order valence-electron chi connectivity index (χ0n) is 11.5. The molecule has 2 rings (SSSR count). The molecule has 2 heterocycles. The molecule has 1 fully saturated rings. The number of hydrogen-bond donors (Lipinski definition) is 2. The normalized spacial score (nSPS) is 20.0. The second kappa shape index (κ2) is 6.52. The average Bonchev–Trinajstić information content (AvgIpc) is 2.93. The molecule has 1 amide bonds. The first-order valence-corrected chi connectivity index (χ1v) is 6.79. The molecule has 2 atom stereocenters. The molecule has 5 heteroatoms. The van der Waals surface area contributed by atoms with Gasteiger partial charge in [-0.05, 0) is 26.3 Å². The van der Waals surface area contributed by atoms with Gasteiger partial charge in [0.05, 0.1) is 24.1 Å². The van der Waals surface area contributed by atoms with Gasteiger partial charge in [0, 0.05) is 31.3 Å². The number of hydrogen-bond acceptors (Lipinski definition) is 4. The van der Waals surface area contributed by atoms with E-state index in [4.69, 9.17) is 4.74 Å². The van der Waals surface area contributed by atoms with E-state index in [2.05, 4.69) is 15.6 Å². The van der Waals surface area contributed by atoms with Crippen molar-refractivity contribution < 1.29 is 9.53 Å². The number of ether oxygens (including phenoxy) is 1. The largest absolute Gasteiger partial charge is 0.383 e. The van der Waals surface area contributed by atoms with Gasteiger partial charge < -0.3 is 15.4 Å².